The molecular weight excluding hydrogens is 236 g/mol. The molecule has 0 radical (unpaired) electrons. The molecule has 0 aliphatic heterocycles. The van der Waals surface area contributed by atoms with Crippen molar-refractivity contribution in [3.63, 3.8) is 0 Å². The van der Waals surface area contributed by atoms with E-state index in [-0.39, 0.29) is 17.7 Å². The highest BCUT2D eigenvalue weighted by atomic mass is 16.4. The molecule has 1 saturated carbocycles. The van der Waals surface area contributed by atoms with E-state index < -0.39 is 5.97 Å². The number of rotatable bonds is 4. The van der Waals surface area contributed by atoms with Crippen LogP contribution in [-0.2, 0) is 16.1 Å². The van der Waals surface area contributed by atoms with E-state index >= 15 is 0 Å². The molecule has 1 aromatic heterocycles. The molecule has 98 valence electrons. The molecular formula is C11H16N4O3. The van der Waals surface area contributed by atoms with Crippen LogP contribution in [0.5, 0.6) is 0 Å². The van der Waals surface area contributed by atoms with Crippen LogP contribution in [0.25, 0.3) is 0 Å². The zero-order chi connectivity index (χ0) is 13.1. The minimum Gasteiger partial charge on any atom is -0.481 e. The van der Waals surface area contributed by atoms with E-state index in [2.05, 4.69) is 15.2 Å². The van der Waals surface area contributed by atoms with Crippen LogP contribution < -0.4 is 0 Å². The Bertz CT molecular complexity index is 432. The standard InChI is InChI=1S/C11H16N4O3/c1-15(5-9-12-6-13-14-9)10(16)7-2-3-8(4-7)11(17)18/h6-8H,2-5H2,1H3,(H,17,18)(H,12,13,14). The van der Waals surface area contributed by atoms with Gasteiger partial charge < -0.3 is 10.0 Å². The van der Waals surface area contributed by atoms with Crippen LogP contribution in [0.3, 0.4) is 0 Å². The number of hydrogen-bond donors (Lipinski definition) is 2. The molecule has 1 aliphatic carbocycles. The third-order valence-corrected chi connectivity index (χ3v) is 3.36. The first-order chi connectivity index (χ1) is 8.58. The number of carbonyl (C=O) groups is 2. The summed E-state index contributed by atoms with van der Waals surface area (Å²) in [5, 5.41) is 15.3. The third-order valence-electron chi connectivity index (χ3n) is 3.36. The number of hydrogen-bond acceptors (Lipinski definition) is 4. The Labute approximate surface area is 104 Å². The number of aromatic nitrogens is 3. The van der Waals surface area contributed by atoms with Gasteiger partial charge in [-0.3, -0.25) is 14.7 Å². The summed E-state index contributed by atoms with van der Waals surface area (Å²) in [5.41, 5.74) is 0. The number of aromatic amines is 1. The first-order valence-electron chi connectivity index (χ1n) is 5.90. The van der Waals surface area contributed by atoms with Gasteiger partial charge in [0.1, 0.15) is 12.2 Å². The molecule has 1 amide bonds. The summed E-state index contributed by atoms with van der Waals surface area (Å²) in [6.45, 7) is 0.368. The van der Waals surface area contributed by atoms with E-state index in [9.17, 15) is 9.59 Å². The molecule has 1 heterocycles. The van der Waals surface area contributed by atoms with E-state index in [4.69, 9.17) is 5.11 Å². The average molecular weight is 252 g/mol. The zero-order valence-corrected chi connectivity index (χ0v) is 10.2. The fourth-order valence-electron chi connectivity index (χ4n) is 2.35. The van der Waals surface area contributed by atoms with E-state index in [1.54, 1.807) is 11.9 Å². The molecule has 0 spiro atoms. The number of carboxylic acid groups (broad SMARTS) is 1. The number of nitrogens with one attached hydrogen (secondary N) is 1. The van der Waals surface area contributed by atoms with Crippen LogP contribution in [0.2, 0.25) is 0 Å². The van der Waals surface area contributed by atoms with Crippen molar-refractivity contribution in [1.82, 2.24) is 20.1 Å². The van der Waals surface area contributed by atoms with Gasteiger partial charge in [0.25, 0.3) is 0 Å². The van der Waals surface area contributed by atoms with Crippen LogP contribution >= 0.6 is 0 Å². The summed E-state index contributed by atoms with van der Waals surface area (Å²) < 4.78 is 0. The van der Waals surface area contributed by atoms with Gasteiger partial charge in [0.05, 0.1) is 12.5 Å². The molecule has 1 aromatic rings. The summed E-state index contributed by atoms with van der Waals surface area (Å²) in [6, 6.07) is 0. The van der Waals surface area contributed by atoms with Crippen molar-refractivity contribution in [3.05, 3.63) is 12.2 Å². The molecule has 0 aromatic carbocycles. The fourth-order valence-corrected chi connectivity index (χ4v) is 2.35. The van der Waals surface area contributed by atoms with Gasteiger partial charge in [-0.2, -0.15) is 5.10 Å². The number of aliphatic carboxylic acids is 1. The Kier molecular flexibility index (Phi) is 3.59. The summed E-state index contributed by atoms with van der Waals surface area (Å²) in [4.78, 5) is 28.5. The predicted molar refractivity (Wildman–Crippen MR) is 61.3 cm³/mol. The Morgan fingerprint density at radius 1 is 1.50 bits per heavy atom. The Morgan fingerprint density at radius 2 is 2.22 bits per heavy atom. The van der Waals surface area contributed by atoms with Gasteiger partial charge in [0, 0.05) is 13.0 Å². The van der Waals surface area contributed by atoms with Gasteiger partial charge in [-0.1, -0.05) is 0 Å². The lowest BCUT2D eigenvalue weighted by Crippen LogP contribution is -2.32. The van der Waals surface area contributed by atoms with Crippen molar-refractivity contribution in [2.45, 2.75) is 25.8 Å². The number of carboxylic acids is 1. The minimum absolute atomic E-state index is 0.0184. The molecule has 2 atom stereocenters. The van der Waals surface area contributed by atoms with Crippen molar-refractivity contribution in [1.29, 1.82) is 0 Å². The van der Waals surface area contributed by atoms with Crippen molar-refractivity contribution in [2.75, 3.05) is 7.05 Å². The number of carbonyl (C=O) groups excluding carboxylic acids is 1. The van der Waals surface area contributed by atoms with Crippen molar-refractivity contribution in [3.8, 4) is 0 Å². The molecule has 0 bridgehead atoms. The van der Waals surface area contributed by atoms with Gasteiger partial charge in [-0.15, -0.1) is 0 Å². The van der Waals surface area contributed by atoms with Crippen LogP contribution in [0.1, 0.15) is 25.1 Å². The monoisotopic (exact) mass is 252 g/mol. The molecule has 18 heavy (non-hydrogen) atoms. The Morgan fingerprint density at radius 3 is 2.78 bits per heavy atom. The maximum atomic E-state index is 12.1. The molecule has 1 aliphatic rings. The predicted octanol–water partition coefficient (Wildman–Crippen LogP) is 0.264. The smallest absolute Gasteiger partial charge is 0.306 e. The summed E-state index contributed by atoms with van der Waals surface area (Å²) >= 11 is 0. The first kappa shape index (κ1) is 12.5. The highest BCUT2D eigenvalue weighted by Gasteiger charge is 2.35. The van der Waals surface area contributed by atoms with Crippen molar-refractivity contribution in [2.24, 2.45) is 11.8 Å². The number of nitrogens with zero attached hydrogens (tertiary/aromatic N) is 3. The highest BCUT2D eigenvalue weighted by Crippen LogP contribution is 2.32. The van der Waals surface area contributed by atoms with Crippen molar-refractivity contribution < 1.29 is 14.7 Å². The molecule has 1 fully saturated rings. The highest BCUT2D eigenvalue weighted by molar-refractivity contribution is 5.80. The summed E-state index contributed by atoms with van der Waals surface area (Å²) in [7, 11) is 1.69. The maximum absolute atomic E-state index is 12.1. The topological polar surface area (TPSA) is 99.2 Å². The second-order valence-electron chi connectivity index (χ2n) is 4.67. The van der Waals surface area contributed by atoms with Gasteiger partial charge in [0.15, 0.2) is 0 Å². The molecule has 2 N–H and O–H groups in total. The van der Waals surface area contributed by atoms with Gasteiger partial charge in [0.2, 0.25) is 5.91 Å². The number of H-pyrrole nitrogens is 1. The van der Waals surface area contributed by atoms with E-state index in [0.717, 1.165) is 0 Å². The second kappa shape index (κ2) is 5.16. The average Bonchev–Trinajstić information content (AvgIpc) is 2.98. The fraction of sp³-hybridized carbons (Fsp3) is 0.636. The Hall–Kier alpha value is -1.92. The lowest BCUT2D eigenvalue weighted by molar-refractivity contribution is -0.141. The molecule has 0 saturated heterocycles. The molecule has 2 unspecified atom stereocenters. The molecule has 2 rings (SSSR count). The quantitative estimate of drug-likeness (QED) is 0.801. The van der Waals surface area contributed by atoms with E-state index in [1.807, 2.05) is 0 Å². The SMILES string of the molecule is CN(Cc1ncn[nH]1)C(=O)C1CCC(C(=O)O)C1. The molecule has 7 heteroatoms. The largest absolute Gasteiger partial charge is 0.481 e. The minimum atomic E-state index is -0.803. The maximum Gasteiger partial charge on any atom is 0.306 e. The second-order valence-corrected chi connectivity index (χ2v) is 4.67. The van der Waals surface area contributed by atoms with Gasteiger partial charge >= 0.3 is 5.97 Å². The van der Waals surface area contributed by atoms with E-state index in [0.29, 0.717) is 31.6 Å². The van der Waals surface area contributed by atoms with Crippen LogP contribution in [-0.4, -0.2) is 44.1 Å². The van der Waals surface area contributed by atoms with Crippen LogP contribution in [0.15, 0.2) is 6.33 Å². The summed E-state index contributed by atoms with van der Waals surface area (Å²) in [6.07, 6.45) is 3.07. The Balaban J connectivity index is 1.90. The van der Waals surface area contributed by atoms with E-state index in [1.165, 1.54) is 6.33 Å². The lowest BCUT2D eigenvalue weighted by atomic mass is 10.0. The van der Waals surface area contributed by atoms with Crippen LogP contribution in [0, 0.1) is 11.8 Å². The molecule has 7 nitrogen and oxygen atoms in total. The zero-order valence-electron chi connectivity index (χ0n) is 10.2. The van der Waals surface area contributed by atoms with Gasteiger partial charge in [-0.25, -0.2) is 4.98 Å². The number of amides is 1. The van der Waals surface area contributed by atoms with Crippen molar-refractivity contribution >= 4 is 11.9 Å². The summed E-state index contributed by atoms with van der Waals surface area (Å²) in [5.74, 6) is -0.756. The first-order valence-corrected chi connectivity index (χ1v) is 5.90. The third kappa shape index (κ3) is 2.66. The van der Waals surface area contributed by atoms with Gasteiger partial charge in [-0.05, 0) is 19.3 Å². The normalized spacial score (nSPS) is 22.9. The lowest BCUT2D eigenvalue weighted by Gasteiger charge is -2.19. The van der Waals surface area contributed by atoms with Crippen LogP contribution in [0.4, 0.5) is 0 Å².